The molecular formula is C9H12Br2O3. The number of ether oxygens (including phenoxy) is 2. The maximum atomic E-state index is 11.4. The summed E-state index contributed by atoms with van der Waals surface area (Å²) in [6, 6.07) is 0. The molecule has 1 aliphatic rings. The maximum absolute atomic E-state index is 11.4. The molecule has 0 radical (unpaired) electrons. The van der Waals surface area contributed by atoms with Gasteiger partial charge in [0, 0.05) is 12.7 Å². The molecule has 5 heteroatoms. The van der Waals surface area contributed by atoms with Crippen LogP contribution in [0.2, 0.25) is 0 Å². The second-order valence-electron chi connectivity index (χ2n) is 3.02. The number of hydrogen-bond donors (Lipinski definition) is 0. The van der Waals surface area contributed by atoms with E-state index in [1.807, 2.05) is 6.92 Å². The number of carbonyl (C=O) groups excluding carboxylic acids is 1. The Morgan fingerprint density at radius 3 is 2.64 bits per heavy atom. The van der Waals surface area contributed by atoms with Crippen LogP contribution >= 0.6 is 31.9 Å². The van der Waals surface area contributed by atoms with Crippen LogP contribution in [0.1, 0.15) is 19.8 Å². The Bertz CT molecular complexity index is 269. The molecule has 0 saturated heterocycles. The molecule has 0 spiro atoms. The van der Waals surface area contributed by atoms with Crippen LogP contribution in [0.3, 0.4) is 0 Å². The van der Waals surface area contributed by atoms with E-state index in [1.54, 1.807) is 0 Å². The summed E-state index contributed by atoms with van der Waals surface area (Å²) in [6.07, 6.45) is 1.73. The molecule has 0 bridgehead atoms. The van der Waals surface area contributed by atoms with Crippen LogP contribution in [0.25, 0.3) is 0 Å². The van der Waals surface area contributed by atoms with Crippen molar-refractivity contribution < 1.29 is 14.3 Å². The molecule has 0 fully saturated rings. The minimum Gasteiger partial charge on any atom is -0.424 e. The molecule has 1 aliphatic heterocycles. The van der Waals surface area contributed by atoms with Crippen LogP contribution in [0.4, 0.5) is 0 Å². The quantitative estimate of drug-likeness (QED) is 0.588. The average Bonchev–Trinajstić information content (AvgIpc) is 2.44. The van der Waals surface area contributed by atoms with E-state index >= 15 is 0 Å². The Morgan fingerprint density at radius 1 is 1.57 bits per heavy atom. The highest BCUT2D eigenvalue weighted by Gasteiger charge is 2.46. The SMILES string of the molecule is CCCC1=C(Br)C(=O)OC1(CBr)OC. The zero-order valence-electron chi connectivity index (χ0n) is 8.10. The van der Waals surface area contributed by atoms with Crippen LogP contribution < -0.4 is 0 Å². The maximum Gasteiger partial charge on any atom is 0.348 e. The van der Waals surface area contributed by atoms with Gasteiger partial charge in [0.2, 0.25) is 5.79 Å². The van der Waals surface area contributed by atoms with E-state index < -0.39 is 5.79 Å². The Kier molecular flexibility index (Phi) is 4.15. The molecule has 80 valence electrons. The summed E-state index contributed by atoms with van der Waals surface area (Å²) in [7, 11) is 1.54. The van der Waals surface area contributed by atoms with Gasteiger partial charge in [-0.2, -0.15) is 0 Å². The topological polar surface area (TPSA) is 35.5 Å². The van der Waals surface area contributed by atoms with Crippen molar-refractivity contribution in [2.45, 2.75) is 25.6 Å². The van der Waals surface area contributed by atoms with Gasteiger partial charge in [0.25, 0.3) is 0 Å². The lowest BCUT2D eigenvalue weighted by atomic mass is 10.0. The Labute approximate surface area is 100 Å². The zero-order chi connectivity index (χ0) is 10.8. The van der Waals surface area contributed by atoms with E-state index in [0.717, 1.165) is 18.4 Å². The molecule has 0 aromatic heterocycles. The molecule has 0 N–H and O–H groups in total. The minimum atomic E-state index is -0.911. The van der Waals surface area contributed by atoms with Crippen LogP contribution in [-0.2, 0) is 14.3 Å². The monoisotopic (exact) mass is 326 g/mol. The Hall–Kier alpha value is 0.130. The van der Waals surface area contributed by atoms with Crippen LogP contribution in [0.5, 0.6) is 0 Å². The molecule has 14 heavy (non-hydrogen) atoms. The normalized spacial score (nSPS) is 27.0. The summed E-state index contributed by atoms with van der Waals surface area (Å²) >= 11 is 6.53. The van der Waals surface area contributed by atoms with Crippen molar-refractivity contribution in [1.82, 2.24) is 0 Å². The number of cyclic esters (lactones) is 1. The third-order valence-corrected chi connectivity index (χ3v) is 3.71. The highest BCUT2D eigenvalue weighted by molar-refractivity contribution is 9.12. The van der Waals surface area contributed by atoms with Crippen molar-refractivity contribution in [2.24, 2.45) is 0 Å². The third-order valence-electron chi connectivity index (χ3n) is 2.17. The standard InChI is InChI=1S/C9H12Br2O3/c1-3-4-6-7(11)8(12)14-9(6,5-10)13-2/h3-5H2,1-2H3. The summed E-state index contributed by atoms with van der Waals surface area (Å²) in [4.78, 5) is 11.4. The first-order chi connectivity index (χ1) is 6.61. The second-order valence-corrected chi connectivity index (χ2v) is 4.38. The fourth-order valence-electron chi connectivity index (χ4n) is 1.42. The van der Waals surface area contributed by atoms with Gasteiger partial charge in [0.15, 0.2) is 0 Å². The van der Waals surface area contributed by atoms with E-state index in [9.17, 15) is 4.79 Å². The van der Waals surface area contributed by atoms with E-state index in [4.69, 9.17) is 9.47 Å². The first-order valence-electron chi connectivity index (χ1n) is 4.35. The van der Waals surface area contributed by atoms with Gasteiger partial charge < -0.3 is 9.47 Å². The van der Waals surface area contributed by atoms with Crippen molar-refractivity contribution in [3.63, 3.8) is 0 Å². The van der Waals surface area contributed by atoms with Crippen molar-refractivity contribution in [3.05, 3.63) is 10.1 Å². The van der Waals surface area contributed by atoms with Gasteiger partial charge in [-0.25, -0.2) is 4.79 Å². The highest BCUT2D eigenvalue weighted by atomic mass is 79.9. The Balaban J connectivity index is 3.05. The van der Waals surface area contributed by atoms with E-state index in [1.165, 1.54) is 7.11 Å². The fourth-order valence-corrected chi connectivity index (χ4v) is 2.69. The second kappa shape index (κ2) is 4.77. The molecular weight excluding hydrogens is 316 g/mol. The molecule has 0 amide bonds. The van der Waals surface area contributed by atoms with Crippen molar-refractivity contribution in [3.8, 4) is 0 Å². The first-order valence-corrected chi connectivity index (χ1v) is 6.26. The molecule has 1 unspecified atom stereocenters. The molecule has 1 atom stereocenters. The smallest absolute Gasteiger partial charge is 0.348 e. The van der Waals surface area contributed by atoms with Crippen LogP contribution in [0, 0.1) is 0 Å². The van der Waals surface area contributed by atoms with Crippen LogP contribution in [-0.4, -0.2) is 24.2 Å². The summed E-state index contributed by atoms with van der Waals surface area (Å²) in [5.74, 6) is -1.26. The number of esters is 1. The average molecular weight is 328 g/mol. The summed E-state index contributed by atoms with van der Waals surface area (Å²) in [6.45, 7) is 2.05. The van der Waals surface area contributed by atoms with Gasteiger partial charge in [-0.3, -0.25) is 0 Å². The lowest BCUT2D eigenvalue weighted by molar-refractivity contribution is -0.183. The predicted molar refractivity (Wildman–Crippen MR) is 60.5 cm³/mol. The van der Waals surface area contributed by atoms with E-state index in [0.29, 0.717) is 9.81 Å². The molecule has 1 heterocycles. The summed E-state index contributed by atoms with van der Waals surface area (Å²) < 4.78 is 11.0. The molecule has 0 aliphatic carbocycles. The summed E-state index contributed by atoms with van der Waals surface area (Å²) in [5.41, 5.74) is 0.879. The molecule has 3 nitrogen and oxygen atoms in total. The number of methoxy groups -OCH3 is 1. The number of halogens is 2. The number of alkyl halides is 1. The van der Waals surface area contributed by atoms with E-state index in [-0.39, 0.29) is 5.97 Å². The number of rotatable bonds is 4. The molecule has 0 saturated carbocycles. The lowest BCUT2D eigenvalue weighted by Gasteiger charge is -2.26. The number of carbonyl (C=O) groups is 1. The minimum absolute atomic E-state index is 0.352. The van der Waals surface area contributed by atoms with Gasteiger partial charge in [-0.05, 0) is 22.4 Å². The molecule has 0 aromatic carbocycles. The summed E-state index contributed by atoms with van der Waals surface area (Å²) in [5, 5.41) is 0.451. The van der Waals surface area contributed by atoms with Crippen molar-refractivity contribution >= 4 is 37.8 Å². The Morgan fingerprint density at radius 2 is 2.21 bits per heavy atom. The first kappa shape index (κ1) is 12.2. The van der Waals surface area contributed by atoms with Gasteiger partial charge in [-0.1, -0.05) is 29.3 Å². The molecule has 1 rings (SSSR count). The van der Waals surface area contributed by atoms with Crippen molar-refractivity contribution in [1.29, 1.82) is 0 Å². The zero-order valence-corrected chi connectivity index (χ0v) is 11.3. The largest absolute Gasteiger partial charge is 0.424 e. The lowest BCUT2D eigenvalue weighted by Crippen LogP contribution is -2.36. The van der Waals surface area contributed by atoms with Gasteiger partial charge in [0.05, 0.1) is 5.33 Å². The van der Waals surface area contributed by atoms with Gasteiger partial charge in [0.1, 0.15) is 4.48 Å². The molecule has 0 aromatic rings. The fraction of sp³-hybridized carbons (Fsp3) is 0.667. The van der Waals surface area contributed by atoms with Crippen molar-refractivity contribution in [2.75, 3.05) is 12.4 Å². The number of hydrogen-bond acceptors (Lipinski definition) is 3. The van der Waals surface area contributed by atoms with Crippen LogP contribution in [0.15, 0.2) is 10.1 Å². The van der Waals surface area contributed by atoms with Gasteiger partial charge >= 0.3 is 5.97 Å². The predicted octanol–water partition coefficient (Wildman–Crippen LogP) is 2.73. The van der Waals surface area contributed by atoms with Gasteiger partial charge in [-0.15, -0.1) is 0 Å². The van der Waals surface area contributed by atoms with E-state index in [2.05, 4.69) is 31.9 Å². The highest BCUT2D eigenvalue weighted by Crippen LogP contribution is 2.40. The third kappa shape index (κ3) is 1.90.